The van der Waals surface area contributed by atoms with Gasteiger partial charge in [0.25, 0.3) is 12.0 Å². The highest BCUT2D eigenvalue weighted by Crippen LogP contribution is 2.28. The highest BCUT2D eigenvalue weighted by molar-refractivity contribution is 5.91. The van der Waals surface area contributed by atoms with Gasteiger partial charge in [-0.3, -0.25) is 9.48 Å². The van der Waals surface area contributed by atoms with Crippen molar-refractivity contribution in [1.29, 1.82) is 0 Å². The molecule has 9 nitrogen and oxygen atoms in total. The monoisotopic (exact) mass is 518 g/mol. The first-order chi connectivity index (χ1) is 17.6. The van der Waals surface area contributed by atoms with Crippen LogP contribution in [0.25, 0.3) is 38.8 Å². The second-order valence-corrected chi connectivity index (χ2v) is 7.79. The van der Waals surface area contributed by atoms with Gasteiger partial charge in [0.2, 0.25) is 11.8 Å². The lowest BCUT2D eigenvalue weighted by Gasteiger charge is -2.13. The molecule has 1 aromatic carbocycles. The zero-order valence-corrected chi connectivity index (χ0v) is 18.8. The summed E-state index contributed by atoms with van der Waals surface area (Å²) in [6.07, 6.45) is -4.94. The summed E-state index contributed by atoms with van der Waals surface area (Å²) < 4.78 is 74.4. The second kappa shape index (κ2) is 9.11. The van der Waals surface area contributed by atoms with Crippen LogP contribution >= 0.6 is 0 Å². The minimum Gasteiger partial charge on any atom is -0.472 e. The smallest absolute Gasteiger partial charge is 0.472 e. The molecule has 0 radical (unpaired) electrons. The molecule has 0 spiro atoms. The van der Waals surface area contributed by atoms with E-state index in [1.165, 1.54) is 18.2 Å². The zero-order chi connectivity index (χ0) is 26.3. The molecule has 4 aromatic heterocycles. The number of alkyl halides is 5. The largest absolute Gasteiger partial charge is 0.574 e. The average molecular weight is 518 g/mol. The van der Waals surface area contributed by atoms with Crippen molar-refractivity contribution in [2.45, 2.75) is 12.8 Å². The normalized spacial score (nSPS) is 12.0. The Hall–Kier alpha value is -4.62. The zero-order valence-electron chi connectivity index (χ0n) is 18.8. The van der Waals surface area contributed by atoms with Crippen molar-refractivity contribution in [3.8, 4) is 28.6 Å². The SMILES string of the molecule is Cn1cc2cc(-n3nc4ccc(OCC(F)F)nc4c(-c4ccc(OC(F)(F)F)nc4)c3=O)ccc2n1. The molecule has 5 rings (SSSR count). The molecule has 0 saturated carbocycles. The third-order valence-electron chi connectivity index (χ3n) is 5.15. The Morgan fingerprint density at radius 3 is 2.46 bits per heavy atom. The van der Waals surface area contributed by atoms with E-state index in [-0.39, 0.29) is 28.0 Å². The van der Waals surface area contributed by atoms with Crippen LogP contribution < -0.4 is 15.0 Å². The number of aryl methyl sites for hydroxylation is 1. The highest BCUT2D eigenvalue weighted by Gasteiger charge is 2.31. The van der Waals surface area contributed by atoms with Gasteiger partial charge in [-0.2, -0.15) is 14.9 Å². The molecule has 5 aromatic rings. The summed E-state index contributed by atoms with van der Waals surface area (Å²) in [5.41, 5.74) is 0.596. The lowest BCUT2D eigenvalue weighted by Crippen LogP contribution is -2.24. The first-order valence-corrected chi connectivity index (χ1v) is 10.6. The van der Waals surface area contributed by atoms with Crippen molar-refractivity contribution in [3.63, 3.8) is 0 Å². The molecule has 0 unspecified atom stereocenters. The van der Waals surface area contributed by atoms with Gasteiger partial charge in [0, 0.05) is 42.5 Å². The van der Waals surface area contributed by atoms with Crippen LogP contribution in [0.3, 0.4) is 0 Å². The molecular formula is C23H15F5N6O3. The summed E-state index contributed by atoms with van der Waals surface area (Å²) >= 11 is 0. The molecule has 0 bridgehead atoms. The van der Waals surface area contributed by atoms with E-state index in [0.29, 0.717) is 11.2 Å². The molecule has 0 aliphatic carbocycles. The first kappa shape index (κ1) is 24.1. The molecule has 0 aliphatic heterocycles. The standard InChI is InChI=1S/C23H15F5N6O3/c1-33-10-13-8-14(3-4-15(13)31-33)34-22(35)20(12-2-6-18(29-9-12)37-23(26,27)28)21-16(32-34)5-7-19(30-21)36-11-17(24)25/h2-10,17H,11H2,1H3. The van der Waals surface area contributed by atoms with Crippen LogP contribution in [0.15, 0.2) is 59.7 Å². The molecule has 0 atom stereocenters. The number of fused-ring (bicyclic) bond motifs is 2. The number of nitrogens with zero attached hydrogens (tertiary/aromatic N) is 6. The van der Waals surface area contributed by atoms with E-state index in [9.17, 15) is 26.7 Å². The number of halogens is 5. The van der Waals surface area contributed by atoms with Crippen LogP contribution in [0, 0.1) is 0 Å². The van der Waals surface area contributed by atoms with E-state index in [1.807, 2.05) is 0 Å². The van der Waals surface area contributed by atoms with Crippen LogP contribution in [0.5, 0.6) is 11.8 Å². The van der Waals surface area contributed by atoms with E-state index in [1.54, 1.807) is 36.1 Å². The van der Waals surface area contributed by atoms with Gasteiger partial charge in [0.15, 0.2) is 6.61 Å². The number of ether oxygens (including phenoxy) is 2. The first-order valence-electron chi connectivity index (χ1n) is 10.6. The van der Waals surface area contributed by atoms with Crippen molar-refractivity contribution in [2.24, 2.45) is 7.05 Å². The molecule has 37 heavy (non-hydrogen) atoms. The molecular weight excluding hydrogens is 503 g/mol. The van der Waals surface area contributed by atoms with Crippen LogP contribution in [-0.2, 0) is 7.05 Å². The van der Waals surface area contributed by atoms with Gasteiger partial charge in [-0.1, -0.05) is 0 Å². The van der Waals surface area contributed by atoms with Crippen LogP contribution in [0.4, 0.5) is 22.0 Å². The molecule has 0 N–H and O–H groups in total. The minimum atomic E-state index is -4.95. The maximum absolute atomic E-state index is 13.7. The number of hydrogen-bond acceptors (Lipinski definition) is 7. The Labute approximate surface area is 203 Å². The van der Waals surface area contributed by atoms with Crippen LogP contribution in [0.1, 0.15) is 0 Å². The van der Waals surface area contributed by atoms with Crippen molar-refractivity contribution >= 4 is 21.9 Å². The minimum absolute atomic E-state index is 0.0123. The fourth-order valence-electron chi connectivity index (χ4n) is 3.70. The summed E-state index contributed by atoms with van der Waals surface area (Å²) in [5, 5.41) is 9.39. The molecule has 0 saturated heterocycles. The maximum Gasteiger partial charge on any atom is 0.574 e. The number of aromatic nitrogens is 6. The average Bonchev–Trinajstić information content (AvgIpc) is 3.21. The number of pyridine rings is 2. The van der Waals surface area contributed by atoms with Crippen molar-refractivity contribution in [3.05, 3.63) is 65.2 Å². The predicted molar refractivity (Wildman–Crippen MR) is 121 cm³/mol. The van der Waals surface area contributed by atoms with E-state index >= 15 is 0 Å². The summed E-state index contributed by atoms with van der Waals surface area (Å²) in [6, 6.07) is 9.92. The van der Waals surface area contributed by atoms with Gasteiger partial charge in [-0.25, -0.2) is 18.7 Å². The molecule has 14 heteroatoms. The summed E-state index contributed by atoms with van der Waals surface area (Å²) in [5.74, 6) is -0.916. The van der Waals surface area contributed by atoms with Crippen molar-refractivity contribution in [2.75, 3.05) is 6.61 Å². The number of hydrogen-bond donors (Lipinski definition) is 0. The number of rotatable bonds is 6. The molecule has 0 amide bonds. The fraction of sp³-hybridized carbons (Fsp3) is 0.174. The molecule has 0 aliphatic rings. The summed E-state index contributed by atoms with van der Waals surface area (Å²) in [6.45, 7) is -0.922. The van der Waals surface area contributed by atoms with E-state index in [2.05, 4.69) is 24.9 Å². The Balaban J connectivity index is 1.69. The summed E-state index contributed by atoms with van der Waals surface area (Å²) in [7, 11) is 1.75. The molecule has 4 heterocycles. The Bertz CT molecular complexity index is 1660. The van der Waals surface area contributed by atoms with E-state index in [4.69, 9.17) is 4.74 Å². The Morgan fingerprint density at radius 1 is 1.00 bits per heavy atom. The van der Waals surface area contributed by atoms with Gasteiger partial charge in [-0.15, -0.1) is 13.2 Å². The van der Waals surface area contributed by atoms with Gasteiger partial charge < -0.3 is 9.47 Å². The van der Waals surface area contributed by atoms with E-state index in [0.717, 1.165) is 22.3 Å². The van der Waals surface area contributed by atoms with Gasteiger partial charge in [0.1, 0.15) is 11.0 Å². The van der Waals surface area contributed by atoms with E-state index < -0.39 is 30.8 Å². The highest BCUT2D eigenvalue weighted by atomic mass is 19.4. The molecule has 0 fully saturated rings. The van der Waals surface area contributed by atoms with Crippen molar-refractivity contribution in [1.82, 2.24) is 29.5 Å². The van der Waals surface area contributed by atoms with Gasteiger partial charge in [-0.05, 0) is 30.3 Å². The Kier molecular flexibility index (Phi) is 5.93. The summed E-state index contributed by atoms with van der Waals surface area (Å²) in [4.78, 5) is 21.5. The Morgan fingerprint density at radius 2 is 1.76 bits per heavy atom. The molecule has 190 valence electrons. The van der Waals surface area contributed by atoms with Crippen molar-refractivity contribution < 1.29 is 31.4 Å². The quantitative estimate of drug-likeness (QED) is 0.310. The third kappa shape index (κ3) is 5.03. The topological polar surface area (TPSA) is 97.0 Å². The van der Waals surface area contributed by atoms with Gasteiger partial charge >= 0.3 is 6.36 Å². The van der Waals surface area contributed by atoms with Crippen LogP contribution in [0.2, 0.25) is 0 Å². The van der Waals surface area contributed by atoms with Gasteiger partial charge in [0.05, 0.1) is 16.8 Å². The maximum atomic E-state index is 13.7. The third-order valence-corrected chi connectivity index (χ3v) is 5.15. The lowest BCUT2D eigenvalue weighted by molar-refractivity contribution is -0.276. The second-order valence-electron chi connectivity index (χ2n) is 7.79. The predicted octanol–water partition coefficient (Wildman–Crippen LogP) is 4.27. The lowest BCUT2D eigenvalue weighted by atomic mass is 10.1. The fourth-order valence-corrected chi connectivity index (χ4v) is 3.70. The number of benzene rings is 1. The van der Waals surface area contributed by atoms with Crippen LogP contribution in [-0.4, -0.2) is 48.9 Å².